The minimum absolute atomic E-state index is 0.00122. The van der Waals surface area contributed by atoms with Crippen LogP contribution in [0.1, 0.15) is 115 Å². The molecule has 278 valence electrons. The van der Waals surface area contributed by atoms with Gasteiger partial charge in [-0.15, -0.1) is 0 Å². The van der Waals surface area contributed by atoms with E-state index in [1.165, 1.54) is 0 Å². The Labute approximate surface area is 291 Å². The van der Waals surface area contributed by atoms with E-state index < -0.39 is 62.9 Å². The lowest BCUT2D eigenvalue weighted by Crippen LogP contribution is -2.63. The summed E-state index contributed by atoms with van der Waals surface area (Å²) in [6.45, 7) is 22.2. The number of carbonyl (C=O) groups is 6. The molecule has 0 bridgehead atoms. The molecule has 13 nitrogen and oxygen atoms in total. The summed E-state index contributed by atoms with van der Waals surface area (Å²) >= 11 is 0. The number of aliphatic hydroxyl groups is 2. The van der Waals surface area contributed by atoms with Gasteiger partial charge in [0.15, 0.2) is 0 Å². The monoisotopic (exact) mass is 692 g/mol. The maximum Gasteiger partial charge on any atom is 0.253 e. The molecule has 0 aromatic heterocycles. The summed E-state index contributed by atoms with van der Waals surface area (Å²) in [6, 6.07) is 0. The Balaban J connectivity index is 2.00. The topological polar surface area (TPSA) is 183 Å². The number of carbonyl (C=O) groups excluding carboxylic acids is 6. The Morgan fingerprint density at radius 2 is 1.16 bits per heavy atom. The fourth-order valence-electron chi connectivity index (χ4n) is 7.08. The average Bonchev–Trinajstić information content (AvgIpc) is 3.45. The van der Waals surface area contributed by atoms with Crippen molar-refractivity contribution in [3.63, 3.8) is 0 Å². The minimum Gasteiger partial charge on any atom is -0.392 e. The highest BCUT2D eigenvalue weighted by atomic mass is 16.5. The van der Waals surface area contributed by atoms with E-state index in [2.05, 4.69) is 10.6 Å². The van der Waals surface area contributed by atoms with Crippen molar-refractivity contribution in [3.8, 4) is 0 Å². The number of ether oxygens (including phenoxy) is 1. The summed E-state index contributed by atoms with van der Waals surface area (Å²) in [7, 11) is 0. The lowest BCUT2D eigenvalue weighted by molar-refractivity contribution is -0.189. The van der Waals surface area contributed by atoms with E-state index in [9.17, 15) is 39.0 Å². The van der Waals surface area contributed by atoms with Gasteiger partial charge in [0.1, 0.15) is 0 Å². The van der Waals surface area contributed by atoms with Gasteiger partial charge in [0.25, 0.3) is 11.8 Å². The van der Waals surface area contributed by atoms with Crippen molar-refractivity contribution in [1.82, 2.24) is 20.4 Å². The van der Waals surface area contributed by atoms with Crippen LogP contribution in [0.15, 0.2) is 12.2 Å². The van der Waals surface area contributed by atoms with Crippen LogP contribution in [0.25, 0.3) is 0 Å². The van der Waals surface area contributed by atoms with Crippen LogP contribution in [0.5, 0.6) is 0 Å². The summed E-state index contributed by atoms with van der Waals surface area (Å²) in [5.41, 5.74) is -5.12. The summed E-state index contributed by atoms with van der Waals surface area (Å²) in [5, 5.41) is 29.1. The van der Waals surface area contributed by atoms with Gasteiger partial charge in [-0.1, -0.05) is 41.5 Å². The highest BCUT2D eigenvalue weighted by Gasteiger charge is 2.51. The lowest BCUT2D eigenvalue weighted by atomic mass is 9.66. The number of hydrogen-bond donors (Lipinski definition) is 4. The molecule has 1 fully saturated rings. The highest BCUT2D eigenvalue weighted by Crippen LogP contribution is 2.44. The van der Waals surface area contributed by atoms with Crippen molar-refractivity contribution in [2.75, 3.05) is 19.7 Å². The quantitative estimate of drug-likeness (QED) is 0.157. The summed E-state index contributed by atoms with van der Waals surface area (Å²) in [6.07, 6.45) is 1.01. The largest absolute Gasteiger partial charge is 0.392 e. The summed E-state index contributed by atoms with van der Waals surface area (Å²) < 4.78 is 6.48. The molecule has 0 spiro atoms. The van der Waals surface area contributed by atoms with Gasteiger partial charge in [0.2, 0.25) is 23.6 Å². The Kier molecular flexibility index (Phi) is 12.8. The number of nitrogens with one attached hydrogen (secondary N) is 2. The Morgan fingerprint density at radius 3 is 1.65 bits per heavy atom. The number of amides is 6. The van der Waals surface area contributed by atoms with Gasteiger partial charge in [-0.25, -0.2) is 0 Å². The second-order valence-corrected chi connectivity index (χ2v) is 17.3. The molecule has 4 N–H and O–H groups in total. The fraction of sp³-hybridized carbons (Fsp3) is 0.778. The molecule has 0 saturated carbocycles. The van der Waals surface area contributed by atoms with Crippen molar-refractivity contribution in [3.05, 3.63) is 12.2 Å². The fourth-order valence-corrected chi connectivity index (χ4v) is 7.08. The molecule has 49 heavy (non-hydrogen) atoms. The van der Waals surface area contributed by atoms with Gasteiger partial charge < -0.3 is 25.6 Å². The minimum atomic E-state index is -1.11. The normalized spacial score (nSPS) is 18.0. The predicted molar refractivity (Wildman–Crippen MR) is 183 cm³/mol. The van der Waals surface area contributed by atoms with E-state index in [1.807, 2.05) is 69.2 Å². The van der Waals surface area contributed by atoms with Crippen molar-refractivity contribution in [1.29, 1.82) is 0 Å². The van der Waals surface area contributed by atoms with Crippen molar-refractivity contribution in [2.45, 2.75) is 144 Å². The van der Waals surface area contributed by atoms with Gasteiger partial charge in [-0.2, -0.15) is 0 Å². The van der Waals surface area contributed by atoms with Gasteiger partial charge in [-0.3, -0.25) is 38.6 Å². The maximum absolute atomic E-state index is 12.8. The van der Waals surface area contributed by atoms with Crippen molar-refractivity contribution in [2.24, 2.45) is 16.2 Å². The first kappa shape index (κ1) is 42.0. The zero-order valence-electron chi connectivity index (χ0n) is 31.6. The smallest absolute Gasteiger partial charge is 0.253 e. The molecule has 0 aliphatic carbocycles. The van der Waals surface area contributed by atoms with Gasteiger partial charge in [0.05, 0.1) is 30.0 Å². The maximum atomic E-state index is 12.8. The second kappa shape index (κ2) is 15.0. The van der Waals surface area contributed by atoms with Crippen molar-refractivity contribution >= 4 is 35.4 Å². The van der Waals surface area contributed by atoms with Crippen LogP contribution in [0, 0.1) is 16.2 Å². The van der Waals surface area contributed by atoms with E-state index >= 15 is 0 Å². The molecule has 13 heteroatoms. The number of hydrogen-bond acceptors (Lipinski definition) is 9. The third-order valence-corrected chi connectivity index (χ3v) is 10.2. The van der Waals surface area contributed by atoms with E-state index in [0.717, 1.165) is 22.0 Å². The first-order valence-corrected chi connectivity index (χ1v) is 17.1. The van der Waals surface area contributed by atoms with Crippen LogP contribution >= 0.6 is 0 Å². The first-order chi connectivity index (χ1) is 22.1. The summed E-state index contributed by atoms with van der Waals surface area (Å²) in [4.78, 5) is 75.1. The van der Waals surface area contributed by atoms with E-state index in [-0.39, 0.29) is 63.1 Å². The average molecular weight is 693 g/mol. The first-order valence-electron chi connectivity index (χ1n) is 17.1. The Hall–Kier alpha value is -3.16. The number of rotatable bonds is 18. The molecule has 6 amide bonds. The summed E-state index contributed by atoms with van der Waals surface area (Å²) in [5.74, 6) is -2.17. The number of aliphatic hydroxyl groups excluding tert-OH is 2. The molecule has 2 rings (SSSR count). The molecule has 2 heterocycles. The molecular weight excluding hydrogens is 632 g/mol. The lowest BCUT2D eigenvalue weighted by Gasteiger charge is -2.51. The molecule has 0 aromatic rings. The van der Waals surface area contributed by atoms with Gasteiger partial charge in [-0.05, 0) is 53.4 Å². The van der Waals surface area contributed by atoms with Crippen LogP contribution in [0.4, 0.5) is 0 Å². The van der Waals surface area contributed by atoms with Crippen LogP contribution in [-0.4, -0.2) is 104 Å². The van der Waals surface area contributed by atoms with E-state index in [4.69, 9.17) is 4.74 Å². The van der Waals surface area contributed by atoms with Crippen LogP contribution in [0.3, 0.4) is 0 Å². The zero-order chi connectivity index (χ0) is 38.0. The number of nitrogens with zero attached hydrogens (tertiary/aromatic N) is 2. The van der Waals surface area contributed by atoms with Crippen LogP contribution in [0.2, 0.25) is 0 Å². The van der Waals surface area contributed by atoms with Crippen LogP contribution < -0.4 is 10.6 Å². The van der Waals surface area contributed by atoms with E-state index in [0.29, 0.717) is 6.42 Å². The molecule has 0 aromatic carbocycles. The second-order valence-electron chi connectivity index (χ2n) is 17.3. The van der Waals surface area contributed by atoms with Crippen LogP contribution in [-0.2, 0) is 33.5 Å². The molecule has 2 aliphatic heterocycles. The molecule has 0 radical (unpaired) electrons. The number of likely N-dealkylation sites (tertiary alicyclic amines) is 1. The standard InChI is InChI=1S/C36H60N4O9/c1-31(2,21-33(5,6)37-23(41)17-19-39-25(43)13-14-26(39)44)29(47)32(3,4)22-49-36(11,12)34(7,8)30(48)35(9,10)38-24(42)18-20-40-27(45)15-16-28(40)46/h15-16,29-30,47-48H,13-14,17-22H2,1-12H3,(H,37,41)(H,38,42). The third-order valence-electron chi connectivity index (χ3n) is 10.2. The predicted octanol–water partition coefficient (Wildman–Crippen LogP) is 2.62. The molecular formula is C36H60N4O9. The molecule has 2 aliphatic rings. The van der Waals surface area contributed by atoms with Crippen molar-refractivity contribution < 1.29 is 43.7 Å². The molecule has 2 unspecified atom stereocenters. The molecule has 1 saturated heterocycles. The van der Waals surface area contributed by atoms with E-state index in [1.54, 1.807) is 13.8 Å². The Bertz CT molecular complexity index is 1300. The Morgan fingerprint density at radius 1 is 0.714 bits per heavy atom. The zero-order valence-corrected chi connectivity index (χ0v) is 31.6. The highest BCUT2D eigenvalue weighted by molar-refractivity contribution is 6.13. The molecule has 2 atom stereocenters. The number of imide groups is 2. The van der Waals surface area contributed by atoms with Gasteiger partial charge in [0, 0.05) is 67.3 Å². The SMILES string of the molecule is CC(C)(CC(C)(C)C(O)C(C)(C)COC(C)(C)C(C)(C)C(O)C(C)(C)NC(=O)CCN1C(=O)C=CC1=O)NC(=O)CCN1C(=O)CCC1=O. The third kappa shape index (κ3) is 10.4. The van der Waals surface area contributed by atoms with Gasteiger partial charge >= 0.3 is 0 Å².